The monoisotopic (exact) mass is 373 g/mol. The third-order valence-electron chi connectivity index (χ3n) is 4.78. The van der Waals surface area contributed by atoms with Crippen LogP contribution in [0.15, 0.2) is 67.0 Å². The third-order valence-corrected chi connectivity index (χ3v) is 4.78. The number of pyridine rings is 1. The molecule has 2 heterocycles. The molecule has 0 saturated carbocycles. The molecule has 4 rings (SSSR count). The molecule has 0 saturated heterocycles. The van der Waals surface area contributed by atoms with Crippen LogP contribution in [0, 0.1) is 0 Å². The van der Waals surface area contributed by atoms with Gasteiger partial charge in [0, 0.05) is 44.0 Å². The lowest BCUT2D eigenvalue weighted by Gasteiger charge is -2.15. The highest BCUT2D eigenvalue weighted by Crippen LogP contribution is 2.28. The first-order valence-corrected chi connectivity index (χ1v) is 9.53. The Morgan fingerprint density at radius 1 is 0.857 bits per heavy atom. The van der Waals surface area contributed by atoms with Crippen molar-refractivity contribution in [1.29, 1.82) is 0 Å². The second-order valence-electron chi connectivity index (χ2n) is 6.79. The van der Waals surface area contributed by atoms with Crippen molar-refractivity contribution >= 4 is 5.91 Å². The maximum absolute atomic E-state index is 12.4. The van der Waals surface area contributed by atoms with Crippen LogP contribution in [0.1, 0.15) is 21.5 Å². The number of aromatic nitrogens is 1. The molecule has 0 spiro atoms. The Kier molecular flexibility index (Phi) is 5.64. The van der Waals surface area contributed by atoms with Crippen LogP contribution in [0.25, 0.3) is 11.1 Å². The summed E-state index contributed by atoms with van der Waals surface area (Å²) >= 11 is 0. The van der Waals surface area contributed by atoms with E-state index in [9.17, 15) is 4.79 Å². The molecule has 0 fully saturated rings. The topological polar surface area (TPSA) is 63.2 Å². The van der Waals surface area contributed by atoms with E-state index in [0.29, 0.717) is 31.7 Å². The molecule has 5 nitrogen and oxygen atoms in total. The molecule has 1 aromatic heterocycles. The first-order chi connectivity index (χ1) is 13.8. The van der Waals surface area contributed by atoms with E-state index in [4.69, 9.17) is 4.74 Å². The van der Waals surface area contributed by atoms with Gasteiger partial charge in [0.25, 0.3) is 5.91 Å². The molecule has 2 bridgehead atoms. The maximum atomic E-state index is 12.4. The number of amides is 1. The molecule has 1 aliphatic heterocycles. The molecule has 0 atom stereocenters. The summed E-state index contributed by atoms with van der Waals surface area (Å²) in [5.41, 5.74) is 5.11. The quantitative estimate of drug-likeness (QED) is 0.688. The van der Waals surface area contributed by atoms with Crippen LogP contribution in [-0.2, 0) is 6.42 Å². The number of nitrogens with zero attached hydrogens (tertiary/aromatic N) is 1. The Hall–Kier alpha value is -3.18. The van der Waals surface area contributed by atoms with Crippen LogP contribution in [0.3, 0.4) is 0 Å². The molecular formula is C23H23N3O2. The fourth-order valence-corrected chi connectivity index (χ4v) is 3.35. The Labute approximate surface area is 164 Å². The van der Waals surface area contributed by atoms with E-state index >= 15 is 0 Å². The Balaban J connectivity index is 1.71. The lowest BCUT2D eigenvalue weighted by molar-refractivity contribution is 0.0953. The minimum Gasteiger partial charge on any atom is -0.492 e. The SMILES string of the molecule is O=C1NCCNCCOc2ccc(-c3ccncc3)cc2Cc2cccc1c2. The first kappa shape index (κ1) is 18.2. The molecule has 5 heteroatoms. The Morgan fingerprint density at radius 2 is 1.75 bits per heavy atom. The van der Waals surface area contributed by atoms with Crippen molar-refractivity contribution in [2.45, 2.75) is 6.42 Å². The van der Waals surface area contributed by atoms with Gasteiger partial charge in [-0.25, -0.2) is 0 Å². The van der Waals surface area contributed by atoms with Crippen molar-refractivity contribution in [1.82, 2.24) is 15.6 Å². The molecule has 1 amide bonds. The first-order valence-electron chi connectivity index (χ1n) is 9.53. The fraction of sp³-hybridized carbons (Fsp3) is 0.217. The summed E-state index contributed by atoms with van der Waals surface area (Å²) in [7, 11) is 0. The summed E-state index contributed by atoms with van der Waals surface area (Å²) in [5, 5.41) is 6.23. The van der Waals surface area contributed by atoms with E-state index in [1.54, 1.807) is 12.4 Å². The highest BCUT2D eigenvalue weighted by Gasteiger charge is 2.11. The number of hydrogen-bond acceptors (Lipinski definition) is 4. The van der Waals surface area contributed by atoms with E-state index in [0.717, 1.165) is 34.5 Å². The van der Waals surface area contributed by atoms with Gasteiger partial charge in [-0.15, -0.1) is 0 Å². The lowest BCUT2D eigenvalue weighted by atomic mass is 9.97. The third kappa shape index (κ3) is 4.38. The summed E-state index contributed by atoms with van der Waals surface area (Å²) < 4.78 is 6.05. The number of rotatable bonds is 1. The van der Waals surface area contributed by atoms with Gasteiger partial charge < -0.3 is 15.4 Å². The molecule has 3 aromatic rings. The second-order valence-corrected chi connectivity index (χ2v) is 6.79. The van der Waals surface area contributed by atoms with E-state index in [-0.39, 0.29) is 5.91 Å². The predicted molar refractivity (Wildman–Crippen MR) is 110 cm³/mol. The average molecular weight is 373 g/mol. The standard InChI is InChI=1S/C23H23N3O2/c27-23-20-3-1-2-17(14-20)15-21-16-19(18-6-8-24-9-7-18)4-5-22(21)28-13-12-25-10-11-26-23/h1-9,14,16,25H,10-13,15H2,(H,26,27). The van der Waals surface area contributed by atoms with Crippen LogP contribution in [-0.4, -0.2) is 37.1 Å². The molecule has 0 aliphatic carbocycles. The van der Waals surface area contributed by atoms with Crippen molar-refractivity contribution in [3.63, 3.8) is 0 Å². The molecule has 2 aromatic carbocycles. The summed E-state index contributed by atoms with van der Waals surface area (Å²) in [6.07, 6.45) is 4.29. The molecule has 142 valence electrons. The van der Waals surface area contributed by atoms with Crippen LogP contribution in [0.2, 0.25) is 0 Å². The Morgan fingerprint density at radius 3 is 2.64 bits per heavy atom. The Bertz CT molecular complexity index is 957. The van der Waals surface area contributed by atoms with Gasteiger partial charge in [0.05, 0.1) is 0 Å². The van der Waals surface area contributed by atoms with Crippen molar-refractivity contribution in [3.8, 4) is 16.9 Å². The zero-order chi connectivity index (χ0) is 19.2. The molecule has 28 heavy (non-hydrogen) atoms. The van der Waals surface area contributed by atoms with Crippen LogP contribution in [0.5, 0.6) is 5.75 Å². The van der Waals surface area contributed by atoms with Gasteiger partial charge in [0.1, 0.15) is 12.4 Å². The summed E-state index contributed by atoms with van der Waals surface area (Å²) in [4.78, 5) is 16.5. The predicted octanol–water partition coefficient (Wildman–Crippen LogP) is 3.05. The van der Waals surface area contributed by atoms with Crippen molar-refractivity contribution < 1.29 is 9.53 Å². The molecular weight excluding hydrogens is 350 g/mol. The zero-order valence-electron chi connectivity index (χ0n) is 15.7. The van der Waals surface area contributed by atoms with Crippen molar-refractivity contribution in [2.24, 2.45) is 0 Å². The molecule has 1 aliphatic rings. The summed E-state index contributed by atoms with van der Waals surface area (Å²) in [5.74, 6) is 0.842. The van der Waals surface area contributed by atoms with Gasteiger partial charge in [-0.2, -0.15) is 0 Å². The second kappa shape index (κ2) is 8.67. The number of fused-ring (bicyclic) bond motifs is 3. The van der Waals surface area contributed by atoms with Gasteiger partial charge in [0.15, 0.2) is 0 Å². The van der Waals surface area contributed by atoms with E-state index in [1.807, 2.05) is 42.5 Å². The van der Waals surface area contributed by atoms with E-state index < -0.39 is 0 Å². The average Bonchev–Trinajstić information content (AvgIpc) is 2.74. The van der Waals surface area contributed by atoms with E-state index in [2.05, 4.69) is 27.8 Å². The van der Waals surface area contributed by atoms with Gasteiger partial charge in [-0.3, -0.25) is 9.78 Å². The van der Waals surface area contributed by atoms with Crippen molar-refractivity contribution in [3.05, 3.63) is 83.7 Å². The number of benzene rings is 2. The minimum absolute atomic E-state index is 0.0391. The summed E-state index contributed by atoms with van der Waals surface area (Å²) in [6, 6.07) is 18.1. The highest BCUT2D eigenvalue weighted by molar-refractivity contribution is 5.94. The van der Waals surface area contributed by atoms with Crippen LogP contribution in [0.4, 0.5) is 0 Å². The van der Waals surface area contributed by atoms with E-state index in [1.165, 1.54) is 0 Å². The zero-order valence-corrected chi connectivity index (χ0v) is 15.7. The smallest absolute Gasteiger partial charge is 0.251 e. The summed E-state index contributed by atoms with van der Waals surface area (Å²) in [6.45, 7) is 2.61. The number of carbonyl (C=O) groups is 1. The minimum atomic E-state index is -0.0391. The largest absolute Gasteiger partial charge is 0.492 e. The normalized spacial score (nSPS) is 14.9. The molecule has 0 radical (unpaired) electrons. The molecule has 0 unspecified atom stereocenters. The fourth-order valence-electron chi connectivity index (χ4n) is 3.35. The van der Waals surface area contributed by atoms with Gasteiger partial charge in [0.2, 0.25) is 0 Å². The van der Waals surface area contributed by atoms with Gasteiger partial charge in [-0.1, -0.05) is 18.2 Å². The van der Waals surface area contributed by atoms with Crippen LogP contribution >= 0.6 is 0 Å². The number of nitrogens with one attached hydrogen (secondary N) is 2. The highest BCUT2D eigenvalue weighted by atomic mass is 16.5. The number of hydrogen-bond donors (Lipinski definition) is 2. The maximum Gasteiger partial charge on any atom is 0.251 e. The van der Waals surface area contributed by atoms with Crippen molar-refractivity contribution in [2.75, 3.05) is 26.2 Å². The van der Waals surface area contributed by atoms with Gasteiger partial charge >= 0.3 is 0 Å². The van der Waals surface area contributed by atoms with Crippen LogP contribution < -0.4 is 15.4 Å². The lowest BCUT2D eigenvalue weighted by Crippen LogP contribution is -2.33. The number of ether oxygens (including phenoxy) is 1. The van der Waals surface area contributed by atoms with Gasteiger partial charge in [-0.05, 0) is 58.7 Å². The number of carbonyl (C=O) groups excluding carboxylic acids is 1. The molecule has 2 N–H and O–H groups in total.